The Morgan fingerprint density at radius 2 is 1.94 bits per heavy atom. The Balaban J connectivity index is 1.50. The van der Waals surface area contributed by atoms with Gasteiger partial charge < -0.3 is 9.64 Å². The second kappa shape index (κ2) is 10.6. The predicted octanol–water partition coefficient (Wildman–Crippen LogP) is 4.00. The second-order valence-electron chi connectivity index (χ2n) is 7.87. The molecular weight excluding hydrogens is 500 g/mol. The van der Waals surface area contributed by atoms with E-state index in [1.54, 1.807) is 36.3 Å². The Morgan fingerprint density at radius 1 is 1.22 bits per heavy atom. The Kier molecular flexibility index (Phi) is 7.53. The van der Waals surface area contributed by atoms with E-state index in [0.29, 0.717) is 47.5 Å². The van der Waals surface area contributed by atoms with Crippen LogP contribution in [0, 0.1) is 0 Å². The fraction of sp³-hybridized carbons (Fsp3) is 0.240. The molecule has 0 spiro atoms. The maximum absolute atomic E-state index is 12.7. The molecule has 0 aliphatic carbocycles. The number of amides is 2. The molecule has 0 radical (unpaired) electrons. The summed E-state index contributed by atoms with van der Waals surface area (Å²) in [5.74, 6) is 0.0568. The van der Waals surface area contributed by atoms with Gasteiger partial charge in [-0.1, -0.05) is 19.9 Å². The molecule has 4 rings (SSSR count). The maximum Gasteiger partial charge on any atom is 0.265 e. The number of nitrogens with zero attached hydrogens (tertiary/aromatic N) is 3. The molecule has 36 heavy (non-hydrogen) atoms. The van der Waals surface area contributed by atoms with Gasteiger partial charge in [-0.2, -0.15) is 4.31 Å². The van der Waals surface area contributed by atoms with Gasteiger partial charge in [0.15, 0.2) is 11.7 Å². The molecule has 188 valence electrons. The van der Waals surface area contributed by atoms with Crippen LogP contribution in [0.1, 0.15) is 24.2 Å². The van der Waals surface area contributed by atoms with Crippen LogP contribution in [-0.4, -0.2) is 55.8 Å². The third-order valence-electron chi connectivity index (χ3n) is 5.69. The van der Waals surface area contributed by atoms with Crippen LogP contribution in [0.2, 0.25) is 0 Å². The first-order valence-electron chi connectivity index (χ1n) is 11.3. The average Bonchev–Trinajstić information content (AvgIpc) is 3.34. The Morgan fingerprint density at radius 3 is 2.61 bits per heavy atom. The van der Waals surface area contributed by atoms with Crippen molar-refractivity contribution in [2.45, 2.75) is 18.7 Å². The number of rotatable bonds is 9. The number of anilines is 2. The van der Waals surface area contributed by atoms with E-state index in [9.17, 15) is 18.0 Å². The van der Waals surface area contributed by atoms with Gasteiger partial charge in [-0.3, -0.25) is 14.9 Å². The molecule has 1 aromatic heterocycles. The van der Waals surface area contributed by atoms with Gasteiger partial charge in [0, 0.05) is 36.1 Å². The van der Waals surface area contributed by atoms with E-state index in [-0.39, 0.29) is 17.4 Å². The molecule has 11 heteroatoms. The molecule has 2 amide bonds. The number of hydrogen-bond donors (Lipinski definition) is 1. The number of carbonyl (C=O) groups is 2. The summed E-state index contributed by atoms with van der Waals surface area (Å²) >= 11 is 1.26. The lowest BCUT2D eigenvalue weighted by Gasteiger charge is -2.28. The van der Waals surface area contributed by atoms with Gasteiger partial charge in [0.1, 0.15) is 5.75 Å². The summed E-state index contributed by atoms with van der Waals surface area (Å²) in [6.07, 6.45) is 1.65. The zero-order valence-electron chi connectivity index (χ0n) is 19.9. The lowest BCUT2D eigenvalue weighted by molar-refractivity contribution is -0.121. The Bertz CT molecular complexity index is 1400. The van der Waals surface area contributed by atoms with Crippen molar-refractivity contribution in [3.8, 4) is 17.0 Å². The molecule has 0 atom stereocenters. The fourth-order valence-corrected chi connectivity index (χ4v) is 5.99. The van der Waals surface area contributed by atoms with Crippen molar-refractivity contribution in [1.82, 2.24) is 9.29 Å². The first-order chi connectivity index (χ1) is 17.3. The van der Waals surface area contributed by atoms with Gasteiger partial charge in [0.25, 0.3) is 11.8 Å². The number of nitrogens with one attached hydrogen (secondary N) is 1. The average molecular weight is 527 g/mol. The molecule has 2 heterocycles. The van der Waals surface area contributed by atoms with E-state index < -0.39 is 15.9 Å². The Hall–Kier alpha value is -3.54. The first-order valence-corrected chi connectivity index (χ1v) is 13.7. The van der Waals surface area contributed by atoms with E-state index in [0.717, 1.165) is 5.56 Å². The maximum atomic E-state index is 12.7. The summed E-state index contributed by atoms with van der Waals surface area (Å²) in [7, 11) is -3.60. The molecule has 2 aromatic carbocycles. The van der Waals surface area contributed by atoms with Crippen LogP contribution in [0.5, 0.6) is 5.75 Å². The minimum Gasteiger partial charge on any atom is -0.482 e. The van der Waals surface area contributed by atoms with Gasteiger partial charge in [-0.05, 0) is 42.5 Å². The summed E-state index contributed by atoms with van der Waals surface area (Å²) in [5, 5.41) is 4.95. The largest absolute Gasteiger partial charge is 0.482 e. The van der Waals surface area contributed by atoms with Crippen molar-refractivity contribution in [3.05, 3.63) is 66.1 Å². The van der Waals surface area contributed by atoms with Crippen LogP contribution < -0.4 is 15.0 Å². The van der Waals surface area contributed by atoms with Gasteiger partial charge >= 0.3 is 0 Å². The molecule has 0 unspecified atom stereocenters. The van der Waals surface area contributed by atoms with Crippen molar-refractivity contribution in [2.24, 2.45) is 0 Å². The van der Waals surface area contributed by atoms with E-state index >= 15 is 0 Å². The molecule has 0 fully saturated rings. The number of aromatic nitrogens is 1. The molecule has 1 aliphatic heterocycles. The highest BCUT2D eigenvalue weighted by Gasteiger charge is 2.25. The molecule has 0 saturated carbocycles. The van der Waals surface area contributed by atoms with E-state index in [2.05, 4.69) is 16.9 Å². The van der Waals surface area contributed by atoms with E-state index in [1.807, 2.05) is 12.1 Å². The molecule has 0 bridgehead atoms. The lowest BCUT2D eigenvalue weighted by atomic mass is 10.1. The summed E-state index contributed by atoms with van der Waals surface area (Å²) in [6, 6.07) is 11.3. The standard InChI is InChI=1S/C25H26N4O5S2/c1-4-13-29-21-14-18(9-12-22(21)34-15-23(29)30)20-16-35-25(26-20)27-24(31)17-7-10-19(11-8-17)36(32,33)28(5-2)6-3/h4,7-12,14,16H,1,5-6,13,15H2,2-3H3,(H,26,27,31). The van der Waals surface area contributed by atoms with Crippen molar-refractivity contribution in [2.75, 3.05) is 36.5 Å². The van der Waals surface area contributed by atoms with Gasteiger partial charge in [-0.15, -0.1) is 17.9 Å². The topological polar surface area (TPSA) is 109 Å². The van der Waals surface area contributed by atoms with Crippen molar-refractivity contribution in [1.29, 1.82) is 0 Å². The Labute approximate surface area is 214 Å². The monoisotopic (exact) mass is 526 g/mol. The minimum absolute atomic E-state index is 0.0184. The van der Waals surface area contributed by atoms with Crippen LogP contribution in [0.4, 0.5) is 10.8 Å². The van der Waals surface area contributed by atoms with Gasteiger partial charge in [0.05, 0.1) is 16.3 Å². The third kappa shape index (κ3) is 5.03. The molecule has 3 aromatic rings. The number of thiazole rings is 1. The highest BCUT2D eigenvalue weighted by molar-refractivity contribution is 7.89. The van der Waals surface area contributed by atoms with Gasteiger partial charge in [0.2, 0.25) is 10.0 Å². The van der Waals surface area contributed by atoms with E-state index in [1.165, 1.54) is 39.9 Å². The molecule has 9 nitrogen and oxygen atoms in total. The third-order valence-corrected chi connectivity index (χ3v) is 8.52. The number of ether oxygens (including phenoxy) is 1. The summed E-state index contributed by atoms with van der Waals surface area (Å²) in [6.45, 7) is 8.35. The van der Waals surface area contributed by atoms with E-state index in [4.69, 9.17) is 4.74 Å². The number of sulfonamides is 1. The molecule has 1 aliphatic rings. The minimum atomic E-state index is -3.60. The SMILES string of the molecule is C=CCN1C(=O)COc2ccc(-c3csc(NC(=O)c4ccc(S(=O)(=O)N(CC)CC)cc4)n3)cc21. The highest BCUT2D eigenvalue weighted by Crippen LogP contribution is 2.36. The molecular formula is C25H26N4O5S2. The highest BCUT2D eigenvalue weighted by atomic mass is 32.2. The first kappa shape index (κ1) is 25.5. The van der Waals surface area contributed by atoms with Crippen molar-refractivity contribution in [3.63, 3.8) is 0 Å². The number of fused-ring (bicyclic) bond motifs is 1. The summed E-state index contributed by atoms with van der Waals surface area (Å²) < 4.78 is 32.2. The van der Waals surface area contributed by atoms with Crippen LogP contribution in [-0.2, 0) is 14.8 Å². The predicted molar refractivity (Wildman–Crippen MR) is 140 cm³/mol. The van der Waals surface area contributed by atoms with Crippen molar-refractivity contribution < 1.29 is 22.7 Å². The van der Waals surface area contributed by atoms with Gasteiger partial charge in [-0.25, -0.2) is 13.4 Å². The smallest absolute Gasteiger partial charge is 0.265 e. The summed E-state index contributed by atoms with van der Waals surface area (Å²) in [5.41, 5.74) is 2.36. The summed E-state index contributed by atoms with van der Waals surface area (Å²) in [4.78, 5) is 31.2. The van der Waals surface area contributed by atoms with Crippen LogP contribution >= 0.6 is 11.3 Å². The zero-order chi connectivity index (χ0) is 25.9. The quantitative estimate of drug-likeness (QED) is 0.422. The van der Waals surface area contributed by atoms with Crippen LogP contribution in [0.3, 0.4) is 0 Å². The zero-order valence-corrected chi connectivity index (χ0v) is 21.6. The normalized spacial score (nSPS) is 13.3. The lowest BCUT2D eigenvalue weighted by Crippen LogP contribution is -2.38. The second-order valence-corrected chi connectivity index (χ2v) is 10.7. The number of carbonyl (C=O) groups excluding carboxylic acids is 2. The van der Waals surface area contributed by atoms with Crippen LogP contribution in [0.25, 0.3) is 11.3 Å². The molecule has 0 saturated heterocycles. The fourth-order valence-electron chi connectivity index (χ4n) is 3.81. The number of hydrogen-bond acceptors (Lipinski definition) is 7. The van der Waals surface area contributed by atoms with Crippen molar-refractivity contribution >= 4 is 44.0 Å². The number of benzene rings is 2. The molecule has 1 N–H and O–H groups in total. The van der Waals surface area contributed by atoms with Crippen LogP contribution in [0.15, 0.2) is 65.4 Å².